The van der Waals surface area contributed by atoms with Crippen molar-refractivity contribution in [2.45, 2.75) is 39.7 Å². The molecule has 1 atom stereocenters. The van der Waals surface area contributed by atoms with Crippen LogP contribution in [0.1, 0.15) is 45.2 Å². The van der Waals surface area contributed by atoms with Crippen molar-refractivity contribution in [3.63, 3.8) is 0 Å². The van der Waals surface area contributed by atoms with Crippen molar-refractivity contribution in [3.05, 3.63) is 23.8 Å². The molecule has 1 aromatic rings. The van der Waals surface area contributed by atoms with Crippen LogP contribution in [0.3, 0.4) is 0 Å². The molecule has 0 unspecified atom stereocenters. The fraction of sp³-hybridized carbons (Fsp3) is 0.562. The highest BCUT2D eigenvalue weighted by Gasteiger charge is 2.16. The molecular weight excluding hydrogens is 252 g/mol. The van der Waals surface area contributed by atoms with Crippen LogP contribution in [0.15, 0.2) is 18.2 Å². The van der Waals surface area contributed by atoms with Crippen molar-refractivity contribution in [2.24, 2.45) is 11.1 Å². The van der Waals surface area contributed by atoms with E-state index in [1.165, 1.54) is 0 Å². The van der Waals surface area contributed by atoms with E-state index in [0.717, 1.165) is 29.9 Å². The van der Waals surface area contributed by atoms with Crippen LogP contribution in [0, 0.1) is 16.7 Å². The van der Waals surface area contributed by atoms with Gasteiger partial charge in [0.2, 0.25) is 0 Å². The van der Waals surface area contributed by atoms with E-state index in [2.05, 4.69) is 6.07 Å². The molecule has 2 N–H and O–H groups in total. The highest BCUT2D eigenvalue weighted by atomic mass is 16.5. The summed E-state index contributed by atoms with van der Waals surface area (Å²) in [5.41, 5.74) is 6.60. The minimum absolute atomic E-state index is 0.0912. The van der Waals surface area contributed by atoms with E-state index in [4.69, 9.17) is 20.5 Å². The molecule has 1 aromatic carbocycles. The van der Waals surface area contributed by atoms with Crippen LogP contribution in [0.5, 0.6) is 11.5 Å². The van der Waals surface area contributed by atoms with E-state index in [0.29, 0.717) is 6.61 Å². The van der Waals surface area contributed by atoms with Gasteiger partial charge in [0.15, 0.2) is 0 Å². The molecule has 0 aliphatic carbocycles. The Morgan fingerprint density at radius 2 is 2.10 bits per heavy atom. The Morgan fingerprint density at radius 3 is 2.65 bits per heavy atom. The molecule has 20 heavy (non-hydrogen) atoms. The fourth-order valence-corrected chi connectivity index (χ4v) is 1.89. The zero-order chi connectivity index (χ0) is 15.2. The van der Waals surface area contributed by atoms with Crippen LogP contribution in [0.2, 0.25) is 0 Å². The van der Waals surface area contributed by atoms with Crippen molar-refractivity contribution in [1.29, 1.82) is 5.26 Å². The first-order valence-electron chi connectivity index (χ1n) is 6.87. The fourth-order valence-electron chi connectivity index (χ4n) is 1.89. The molecule has 0 aliphatic heterocycles. The maximum Gasteiger partial charge on any atom is 0.127 e. The number of hydrogen-bond acceptors (Lipinski definition) is 4. The van der Waals surface area contributed by atoms with E-state index in [9.17, 15) is 0 Å². The van der Waals surface area contributed by atoms with Gasteiger partial charge in [0.05, 0.1) is 25.2 Å². The molecule has 0 saturated carbocycles. The third-order valence-electron chi connectivity index (χ3n) is 3.22. The molecule has 4 heteroatoms. The first-order chi connectivity index (χ1) is 9.39. The van der Waals surface area contributed by atoms with Gasteiger partial charge in [-0.2, -0.15) is 5.26 Å². The Bertz CT molecular complexity index is 476. The summed E-state index contributed by atoms with van der Waals surface area (Å²) >= 11 is 0. The van der Waals surface area contributed by atoms with Crippen molar-refractivity contribution >= 4 is 0 Å². The molecule has 0 aromatic heterocycles. The third kappa shape index (κ3) is 4.75. The second kappa shape index (κ2) is 7.16. The van der Waals surface area contributed by atoms with E-state index >= 15 is 0 Å². The average molecular weight is 276 g/mol. The highest BCUT2D eigenvalue weighted by molar-refractivity contribution is 5.42. The maximum atomic E-state index is 8.97. The Balaban J connectivity index is 2.65. The van der Waals surface area contributed by atoms with Crippen molar-refractivity contribution < 1.29 is 9.47 Å². The standard InChI is InChI=1S/C16H24N2O2/c1-12(18)14-7-6-13(19-4)10-15(14)20-9-5-8-16(2,3)11-17/h6-7,10,12H,5,8-9,18H2,1-4H3/t12-/m0/s1. The minimum atomic E-state index is -0.304. The lowest BCUT2D eigenvalue weighted by molar-refractivity contribution is 0.279. The number of nitrogens with zero attached hydrogens (tertiary/aromatic N) is 1. The first kappa shape index (κ1) is 16.3. The summed E-state index contributed by atoms with van der Waals surface area (Å²) in [6.45, 7) is 6.36. The molecule has 0 radical (unpaired) electrons. The summed E-state index contributed by atoms with van der Waals surface area (Å²) in [6.07, 6.45) is 1.64. The Hall–Kier alpha value is -1.73. The lowest BCUT2D eigenvalue weighted by Crippen LogP contribution is -2.12. The number of ether oxygens (including phenoxy) is 2. The van der Waals surface area contributed by atoms with Crippen molar-refractivity contribution in [3.8, 4) is 17.6 Å². The quantitative estimate of drug-likeness (QED) is 0.775. The third-order valence-corrected chi connectivity index (χ3v) is 3.22. The van der Waals surface area contributed by atoms with Gasteiger partial charge in [-0.3, -0.25) is 0 Å². The molecule has 0 bridgehead atoms. The van der Waals surface area contributed by atoms with Crippen molar-refractivity contribution in [2.75, 3.05) is 13.7 Å². The number of nitriles is 1. The second-order valence-corrected chi connectivity index (χ2v) is 5.64. The van der Waals surface area contributed by atoms with E-state index < -0.39 is 0 Å². The summed E-state index contributed by atoms with van der Waals surface area (Å²) < 4.78 is 11.0. The van der Waals surface area contributed by atoms with Crippen LogP contribution < -0.4 is 15.2 Å². The summed E-state index contributed by atoms with van der Waals surface area (Å²) in [5.74, 6) is 1.51. The molecule has 0 saturated heterocycles. The number of nitrogens with two attached hydrogens (primary N) is 1. The lowest BCUT2D eigenvalue weighted by atomic mass is 9.90. The normalized spacial score (nSPS) is 12.6. The van der Waals surface area contributed by atoms with Gasteiger partial charge in [0.25, 0.3) is 0 Å². The van der Waals surface area contributed by atoms with E-state index in [-0.39, 0.29) is 11.5 Å². The van der Waals surface area contributed by atoms with Gasteiger partial charge >= 0.3 is 0 Å². The smallest absolute Gasteiger partial charge is 0.127 e. The molecule has 110 valence electrons. The van der Waals surface area contributed by atoms with Crippen LogP contribution in [-0.4, -0.2) is 13.7 Å². The van der Waals surface area contributed by atoms with E-state index in [1.54, 1.807) is 7.11 Å². The highest BCUT2D eigenvalue weighted by Crippen LogP contribution is 2.29. The summed E-state index contributed by atoms with van der Waals surface area (Å²) in [5, 5.41) is 8.97. The van der Waals surface area contributed by atoms with Crippen LogP contribution in [0.4, 0.5) is 0 Å². The SMILES string of the molecule is COc1ccc([C@H](C)N)c(OCCCC(C)(C)C#N)c1. The average Bonchev–Trinajstić information content (AvgIpc) is 2.43. The summed E-state index contributed by atoms with van der Waals surface area (Å²) in [4.78, 5) is 0. The van der Waals surface area contributed by atoms with Gasteiger partial charge in [0, 0.05) is 17.7 Å². The second-order valence-electron chi connectivity index (χ2n) is 5.64. The number of hydrogen-bond donors (Lipinski definition) is 1. The Morgan fingerprint density at radius 1 is 1.40 bits per heavy atom. The maximum absolute atomic E-state index is 8.97. The largest absolute Gasteiger partial charge is 0.497 e. The first-order valence-corrected chi connectivity index (χ1v) is 6.87. The molecular formula is C16H24N2O2. The molecule has 0 aliphatic rings. The van der Waals surface area contributed by atoms with Gasteiger partial charge in [0.1, 0.15) is 11.5 Å². The van der Waals surface area contributed by atoms with Crippen molar-refractivity contribution in [1.82, 2.24) is 0 Å². The van der Waals surface area contributed by atoms with Gasteiger partial charge in [-0.1, -0.05) is 6.07 Å². The zero-order valence-electron chi connectivity index (χ0n) is 12.8. The van der Waals surface area contributed by atoms with Crippen LogP contribution >= 0.6 is 0 Å². The van der Waals surface area contributed by atoms with E-state index in [1.807, 2.05) is 39.0 Å². The molecule has 0 amide bonds. The molecule has 1 rings (SSSR count). The van der Waals surface area contributed by atoms with Gasteiger partial charge in [-0.15, -0.1) is 0 Å². The zero-order valence-corrected chi connectivity index (χ0v) is 12.8. The van der Waals surface area contributed by atoms with Gasteiger partial charge in [-0.05, 0) is 39.7 Å². The number of methoxy groups -OCH3 is 1. The molecule has 0 fully saturated rings. The summed E-state index contributed by atoms with van der Waals surface area (Å²) in [7, 11) is 1.63. The number of benzene rings is 1. The van der Waals surface area contributed by atoms with Crippen LogP contribution in [-0.2, 0) is 0 Å². The molecule has 4 nitrogen and oxygen atoms in total. The predicted octanol–water partition coefficient (Wildman–Crippen LogP) is 3.42. The molecule has 0 spiro atoms. The van der Waals surface area contributed by atoms with Gasteiger partial charge in [-0.25, -0.2) is 0 Å². The Kier molecular flexibility index (Phi) is 5.84. The van der Waals surface area contributed by atoms with Crippen LogP contribution in [0.25, 0.3) is 0 Å². The summed E-state index contributed by atoms with van der Waals surface area (Å²) in [6, 6.07) is 7.86. The topological polar surface area (TPSA) is 68.3 Å². The minimum Gasteiger partial charge on any atom is -0.497 e. The predicted molar refractivity (Wildman–Crippen MR) is 79.7 cm³/mol. The monoisotopic (exact) mass is 276 g/mol. The molecule has 0 heterocycles. The van der Waals surface area contributed by atoms with Gasteiger partial charge < -0.3 is 15.2 Å². The lowest BCUT2D eigenvalue weighted by Gasteiger charge is -2.17. The number of rotatable bonds is 7. The Labute approximate surface area is 121 Å².